The highest BCUT2D eigenvalue weighted by Gasteiger charge is 2.16. The highest BCUT2D eigenvalue weighted by atomic mass is 16.5. The fraction of sp³-hybridized carbons (Fsp3) is 0.467. The third kappa shape index (κ3) is 3.06. The lowest BCUT2D eigenvalue weighted by molar-refractivity contribution is 0.0327. The third-order valence-electron chi connectivity index (χ3n) is 3.76. The molecule has 0 unspecified atom stereocenters. The van der Waals surface area contributed by atoms with Crippen molar-refractivity contribution in [2.24, 2.45) is 5.16 Å². The van der Waals surface area contributed by atoms with Gasteiger partial charge in [-0.3, -0.25) is 4.90 Å². The lowest BCUT2D eigenvalue weighted by Crippen LogP contribution is -2.36. The largest absolute Gasteiger partial charge is 0.411 e. The van der Waals surface area contributed by atoms with E-state index in [4.69, 9.17) is 14.9 Å². The number of para-hydroxylation sites is 2. The second-order valence-electron chi connectivity index (χ2n) is 5.33. The summed E-state index contributed by atoms with van der Waals surface area (Å²) in [6.45, 7) is 6.56. The number of morpholine rings is 1. The average molecular weight is 288 g/mol. The van der Waals surface area contributed by atoms with Crippen LogP contribution in [-0.2, 0) is 17.8 Å². The van der Waals surface area contributed by atoms with E-state index >= 15 is 0 Å². The summed E-state index contributed by atoms with van der Waals surface area (Å²) >= 11 is 0. The number of hydrogen-bond donors (Lipinski definition) is 1. The van der Waals surface area contributed by atoms with Crippen molar-refractivity contribution in [2.45, 2.75) is 20.0 Å². The Bertz CT molecular complexity index is 644. The maximum atomic E-state index is 8.95. The first-order valence-corrected chi connectivity index (χ1v) is 7.19. The highest BCUT2D eigenvalue weighted by Crippen LogP contribution is 2.18. The topological polar surface area (TPSA) is 62.9 Å². The summed E-state index contributed by atoms with van der Waals surface area (Å²) in [6, 6.07) is 8.06. The van der Waals surface area contributed by atoms with Gasteiger partial charge in [-0.2, -0.15) is 0 Å². The van der Waals surface area contributed by atoms with Crippen LogP contribution in [0.2, 0.25) is 0 Å². The molecule has 1 aromatic heterocycles. The summed E-state index contributed by atoms with van der Waals surface area (Å²) in [5, 5.41) is 12.2. The molecule has 112 valence electrons. The van der Waals surface area contributed by atoms with Crippen molar-refractivity contribution in [3.63, 3.8) is 0 Å². The number of fused-ring (bicyclic) bond motifs is 1. The molecule has 1 saturated heterocycles. The van der Waals surface area contributed by atoms with Gasteiger partial charge >= 0.3 is 0 Å². The molecule has 2 aromatic rings. The van der Waals surface area contributed by atoms with Crippen molar-refractivity contribution < 1.29 is 9.94 Å². The van der Waals surface area contributed by atoms with Crippen LogP contribution in [0.1, 0.15) is 12.7 Å². The van der Waals surface area contributed by atoms with Crippen molar-refractivity contribution in [1.82, 2.24) is 14.5 Å². The number of imidazole rings is 1. The lowest BCUT2D eigenvalue weighted by atomic mass is 10.3. The average Bonchev–Trinajstić information content (AvgIpc) is 2.86. The van der Waals surface area contributed by atoms with Gasteiger partial charge in [-0.1, -0.05) is 17.3 Å². The molecule has 1 aromatic carbocycles. The van der Waals surface area contributed by atoms with E-state index in [1.807, 2.05) is 25.1 Å². The molecule has 2 heterocycles. The van der Waals surface area contributed by atoms with Crippen LogP contribution < -0.4 is 0 Å². The summed E-state index contributed by atoms with van der Waals surface area (Å²) in [6.07, 6.45) is 0. The molecule has 1 N–H and O–H groups in total. The molecule has 1 fully saturated rings. The zero-order valence-corrected chi connectivity index (χ0v) is 12.2. The van der Waals surface area contributed by atoms with Crippen LogP contribution in [0.5, 0.6) is 0 Å². The third-order valence-corrected chi connectivity index (χ3v) is 3.76. The lowest BCUT2D eigenvalue weighted by Gasteiger charge is -2.26. The molecule has 0 spiro atoms. The summed E-state index contributed by atoms with van der Waals surface area (Å²) < 4.78 is 7.51. The Kier molecular flexibility index (Phi) is 4.17. The van der Waals surface area contributed by atoms with Gasteiger partial charge in [0.25, 0.3) is 0 Å². The predicted octanol–water partition coefficient (Wildman–Crippen LogP) is 1.72. The Morgan fingerprint density at radius 1 is 1.33 bits per heavy atom. The van der Waals surface area contributed by atoms with Crippen LogP contribution >= 0.6 is 0 Å². The number of ether oxygens (including phenoxy) is 1. The number of aromatic nitrogens is 2. The van der Waals surface area contributed by atoms with E-state index < -0.39 is 0 Å². The van der Waals surface area contributed by atoms with Crippen LogP contribution in [0.3, 0.4) is 0 Å². The van der Waals surface area contributed by atoms with Gasteiger partial charge in [-0.05, 0) is 19.1 Å². The molecular weight excluding hydrogens is 268 g/mol. The minimum absolute atomic E-state index is 0.552. The zero-order chi connectivity index (χ0) is 14.7. The van der Waals surface area contributed by atoms with Gasteiger partial charge < -0.3 is 14.5 Å². The minimum atomic E-state index is 0.552. The number of oxime groups is 1. The SMILES string of the molecule is C/C(Cn1c(CN2CCOCC2)nc2ccccc21)=N\O. The van der Waals surface area contributed by atoms with E-state index in [1.54, 1.807) is 0 Å². The van der Waals surface area contributed by atoms with E-state index in [0.29, 0.717) is 12.3 Å². The van der Waals surface area contributed by atoms with Gasteiger partial charge in [0.2, 0.25) is 0 Å². The highest BCUT2D eigenvalue weighted by molar-refractivity contribution is 5.84. The number of nitrogens with zero attached hydrogens (tertiary/aromatic N) is 4. The van der Waals surface area contributed by atoms with Crippen molar-refractivity contribution in [3.05, 3.63) is 30.1 Å². The minimum Gasteiger partial charge on any atom is -0.411 e. The monoisotopic (exact) mass is 288 g/mol. The van der Waals surface area contributed by atoms with Gasteiger partial charge in [0.05, 0.1) is 43.0 Å². The molecule has 0 atom stereocenters. The zero-order valence-electron chi connectivity index (χ0n) is 12.2. The summed E-state index contributed by atoms with van der Waals surface area (Å²) in [4.78, 5) is 7.08. The van der Waals surface area contributed by atoms with E-state index in [2.05, 4.69) is 20.7 Å². The Balaban J connectivity index is 1.93. The molecule has 0 aliphatic carbocycles. The Labute approximate surface area is 123 Å². The number of rotatable bonds is 4. The molecule has 0 amide bonds. The van der Waals surface area contributed by atoms with Crippen LogP contribution in [0.15, 0.2) is 29.4 Å². The summed E-state index contributed by atoms with van der Waals surface area (Å²) in [7, 11) is 0. The second-order valence-corrected chi connectivity index (χ2v) is 5.33. The number of benzene rings is 1. The van der Waals surface area contributed by atoms with Gasteiger partial charge in [0.1, 0.15) is 5.82 Å². The van der Waals surface area contributed by atoms with Gasteiger partial charge in [-0.25, -0.2) is 4.98 Å². The molecule has 0 bridgehead atoms. The summed E-state index contributed by atoms with van der Waals surface area (Å²) in [5.74, 6) is 1.00. The molecule has 21 heavy (non-hydrogen) atoms. The van der Waals surface area contributed by atoms with E-state index in [0.717, 1.165) is 49.7 Å². The van der Waals surface area contributed by atoms with E-state index in [1.165, 1.54) is 0 Å². The molecule has 3 rings (SSSR count). The van der Waals surface area contributed by atoms with Crippen molar-refractivity contribution in [1.29, 1.82) is 0 Å². The van der Waals surface area contributed by atoms with Crippen molar-refractivity contribution >= 4 is 16.7 Å². The molecule has 6 heteroatoms. The van der Waals surface area contributed by atoms with Gasteiger partial charge in [0.15, 0.2) is 0 Å². The first kappa shape index (κ1) is 14.0. The molecule has 0 saturated carbocycles. The van der Waals surface area contributed by atoms with E-state index in [9.17, 15) is 0 Å². The van der Waals surface area contributed by atoms with Crippen LogP contribution in [-0.4, -0.2) is 51.7 Å². The molecular formula is C15H20N4O2. The first-order valence-electron chi connectivity index (χ1n) is 7.19. The van der Waals surface area contributed by atoms with Crippen LogP contribution in [0.25, 0.3) is 11.0 Å². The Morgan fingerprint density at radius 3 is 2.86 bits per heavy atom. The maximum Gasteiger partial charge on any atom is 0.124 e. The fourth-order valence-corrected chi connectivity index (χ4v) is 2.64. The standard InChI is InChI=1S/C15H20N4O2/c1-12(17-20)10-19-14-5-3-2-4-13(14)16-15(19)11-18-6-8-21-9-7-18/h2-5,20H,6-11H2,1H3/b17-12+. The predicted molar refractivity (Wildman–Crippen MR) is 80.7 cm³/mol. The molecule has 1 aliphatic rings. The number of hydrogen-bond acceptors (Lipinski definition) is 5. The molecule has 6 nitrogen and oxygen atoms in total. The normalized spacial score (nSPS) is 17.5. The van der Waals surface area contributed by atoms with Crippen LogP contribution in [0.4, 0.5) is 0 Å². The Morgan fingerprint density at radius 2 is 2.10 bits per heavy atom. The second kappa shape index (κ2) is 6.24. The van der Waals surface area contributed by atoms with E-state index in [-0.39, 0.29) is 0 Å². The Hall–Kier alpha value is -1.92. The summed E-state index contributed by atoms with van der Waals surface area (Å²) in [5.41, 5.74) is 2.72. The smallest absolute Gasteiger partial charge is 0.124 e. The maximum absolute atomic E-state index is 8.95. The van der Waals surface area contributed by atoms with Crippen molar-refractivity contribution in [3.8, 4) is 0 Å². The molecule has 1 aliphatic heterocycles. The van der Waals surface area contributed by atoms with Crippen molar-refractivity contribution in [2.75, 3.05) is 26.3 Å². The molecule has 0 radical (unpaired) electrons. The van der Waals surface area contributed by atoms with Gasteiger partial charge in [-0.15, -0.1) is 0 Å². The van der Waals surface area contributed by atoms with Gasteiger partial charge in [0, 0.05) is 13.1 Å². The quantitative estimate of drug-likeness (QED) is 0.528. The fourth-order valence-electron chi connectivity index (χ4n) is 2.64. The van der Waals surface area contributed by atoms with Crippen LogP contribution in [0, 0.1) is 0 Å². The first-order chi connectivity index (χ1) is 10.3.